The van der Waals surface area contributed by atoms with Crippen LogP contribution in [0.15, 0.2) is 47.4 Å². The zero-order chi connectivity index (χ0) is 18.4. The Kier molecular flexibility index (Phi) is 5.94. The minimum Gasteiger partial charge on any atom is -0.492 e. The van der Waals surface area contributed by atoms with E-state index in [2.05, 4.69) is 10.0 Å². The zero-order valence-electron chi connectivity index (χ0n) is 13.9. The van der Waals surface area contributed by atoms with Crippen LogP contribution < -0.4 is 14.8 Å². The molecule has 2 N–H and O–H groups in total. The SMILES string of the molecule is CNS(=O)(=O)c1ccc(NCCOc2ccc(C)cc2)c([N+](=O)[O-])c1. The van der Waals surface area contributed by atoms with Gasteiger partial charge in [0.25, 0.3) is 5.69 Å². The molecule has 0 heterocycles. The molecule has 2 aromatic rings. The molecule has 2 aromatic carbocycles. The summed E-state index contributed by atoms with van der Waals surface area (Å²) in [6.07, 6.45) is 0. The van der Waals surface area contributed by atoms with Crippen molar-refractivity contribution in [2.75, 3.05) is 25.5 Å². The van der Waals surface area contributed by atoms with Gasteiger partial charge in [-0.25, -0.2) is 13.1 Å². The van der Waals surface area contributed by atoms with Crippen molar-refractivity contribution < 1.29 is 18.1 Å². The van der Waals surface area contributed by atoms with Crippen LogP contribution in [0.3, 0.4) is 0 Å². The van der Waals surface area contributed by atoms with E-state index in [1.54, 1.807) is 0 Å². The first-order valence-corrected chi connectivity index (χ1v) is 8.97. The molecule has 134 valence electrons. The molecule has 0 saturated carbocycles. The Bertz CT molecular complexity index is 851. The standard InChI is InChI=1S/C16H19N3O5S/c1-12-3-5-13(6-4-12)24-10-9-18-15-8-7-14(25(22,23)17-2)11-16(15)19(20)21/h3-8,11,17-18H,9-10H2,1-2H3. The van der Waals surface area contributed by atoms with Gasteiger partial charge in [-0.15, -0.1) is 0 Å². The summed E-state index contributed by atoms with van der Waals surface area (Å²) in [5, 5.41) is 14.1. The Morgan fingerprint density at radius 3 is 2.44 bits per heavy atom. The predicted octanol–water partition coefficient (Wildman–Crippen LogP) is 2.30. The molecule has 0 saturated heterocycles. The highest BCUT2D eigenvalue weighted by molar-refractivity contribution is 7.89. The van der Waals surface area contributed by atoms with Crippen LogP contribution in [0.25, 0.3) is 0 Å². The lowest BCUT2D eigenvalue weighted by Crippen LogP contribution is -2.19. The molecule has 0 aliphatic rings. The number of aryl methyl sites for hydroxylation is 1. The van der Waals surface area contributed by atoms with E-state index in [4.69, 9.17) is 4.74 Å². The maximum atomic E-state index is 11.8. The molecule has 9 heteroatoms. The van der Waals surface area contributed by atoms with Crippen LogP contribution in [0.1, 0.15) is 5.56 Å². The van der Waals surface area contributed by atoms with Crippen LogP contribution in [0, 0.1) is 17.0 Å². The molecule has 0 unspecified atom stereocenters. The largest absolute Gasteiger partial charge is 0.492 e. The number of sulfonamides is 1. The summed E-state index contributed by atoms with van der Waals surface area (Å²) in [5.41, 5.74) is 1.04. The smallest absolute Gasteiger partial charge is 0.293 e. The van der Waals surface area contributed by atoms with Gasteiger partial charge in [-0.3, -0.25) is 10.1 Å². The van der Waals surface area contributed by atoms with Gasteiger partial charge in [0.15, 0.2) is 0 Å². The zero-order valence-corrected chi connectivity index (χ0v) is 14.7. The van der Waals surface area contributed by atoms with Gasteiger partial charge in [0.2, 0.25) is 10.0 Å². The predicted molar refractivity (Wildman–Crippen MR) is 94.5 cm³/mol. The number of hydrogen-bond acceptors (Lipinski definition) is 6. The lowest BCUT2D eigenvalue weighted by Gasteiger charge is -2.10. The topological polar surface area (TPSA) is 111 Å². The number of ether oxygens (including phenoxy) is 1. The van der Waals surface area contributed by atoms with E-state index < -0.39 is 14.9 Å². The van der Waals surface area contributed by atoms with Crippen molar-refractivity contribution >= 4 is 21.4 Å². The fraction of sp³-hybridized carbons (Fsp3) is 0.250. The summed E-state index contributed by atoms with van der Waals surface area (Å²) in [6, 6.07) is 11.2. The summed E-state index contributed by atoms with van der Waals surface area (Å²) >= 11 is 0. The second kappa shape index (κ2) is 7.95. The van der Waals surface area contributed by atoms with Crippen molar-refractivity contribution in [1.82, 2.24) is 4.72 Å². The molecule has 0 bridgehead atoms. The fourth-order valence-electron chi connectivity index (χ4n) is 2.09. The van der Waals surface area contributed by atoms with Crippen LogP contribution in [-0.2, 0) is 10.0 Å². The van der Waals surface area contributed by atoms with Crippen LogP contribution >= 0.6 is 0 Å². The highest BCUT2D eigenvalue weighted by Gasteiger charge is 2.20. The molecule has 0 atom stereocenters. The van der Waals surface area contributed by atoms with Gasteiger partial charge in [0.1, 0.15) is 18.0 Å². The molecule has 2 rings (SSSR count). The van der Waals surface area contributed by atoms with Gasteiger partial charge in [-0.2, -0.15) is 0 Å². The molecule has 0 fully saturated rings. The summed E-state index contributed by atoms with van der Waals surface area (Å²) in [5.74, 6) is 0.706. The number of nitrogens with zero attached hydrogens (tertiary/aromatic N) is 1. The fourth-order valence-corrected chi connectivity index (χ4v) is 2.84. The van der Waals surface area contributed by atoms with E-state index in [0.717, 1.165) is 11.6 Å². The molecule has 25 heavy (non-hydrogen) atoms. The van der Waals surface area contributed by atoms with Crippen LogP contribution in [0.5, 0.6) is 5.75 Å². The monoisotopic (exact) mass is 365 g/mol. The molecule has 0 aliphatic carbocycles. The molecule has 0 amide bonds. The Hall–Kier alpha value is -2.65. The van der Waals surface area contributed by atoms with Gasteiger partial charge < -0.3 is 10.1 Å². The average molecular weight is 365 g/mol. The first-order valence-electron chi connectivity index (χ1n) is 7.49. The number of hydrogen-bond donors (Lipinski definition) is 2. The van der Waals surface area contributed by atoms with E-state index in [-0.39, 0.29) is 16.3 Å². The van der Waals surface area contributed by atoms with Gasteiger partial charge in [-0.1, -0.05) is 17.7 Å². The molecule has 0 spiro atoms. The summed E-state index contributed by atoms with van der Waals surface area (Å²) in [6.45, 7) is 2.60. The molecular weight excluding hydrogens is 346 g/mol. The van der Waals surface area contributed by atoms with E-state index in [9.17, 15) is 18.5 Å². The number of benzene rings is 2. The maximum absolute atomic E-state index is 11.8. The highest BCUT2D eigenvalue weighted by atomic mass is 32.2. The van der Waals surface area contributed by atoms with Crippen molar-refractivity contribution in [3.8, 4) is 5.75 Å². The normalized spacial score (nSPS) is 11.1. The number of anilines is 1. The third kappa shape index (κ3) is 4.91. The lowest BCUT2D eigenvalue weighted by atomic mass is 10.2. The lowest BCUT2D eigenvalue weighted by molar-refractivity contribution is -0.384. The Morgan fingerprint density at radius 1 is 1.16 bits per heavy atom. The molecule has 0 aliphatic heterocycles. The van der Waals surface area contributed by atoms with E-state index in [1.165, 1.54) is 19.2 Å². The Labute approximate surface area is 146 Å². The Morgan fingerprint density at radius 2 is 1.84 bits per heavy atom. The second-order valence-corrected chi connectivity index (χ2v) is 7.12. The van der Waals surface area contributed by atoms with E-state index in [0.29, 0.717) is 18.9 Å². The van der Waals surface area contributed by atoms with Gasteiger partial charge in [0.05, 0.1) is 9.82 Å². The molecule has 8 nitrogen and oxygen atoms in total. The van der Waals surface area contributed by atoms with Gasteiger partial charge >= 0.3 is 0 Å². The van der Waals surface area contributed by atoms with E-state index >= 15 is 0 Å². The van der Waals surface area contributed by atoms with Crippen LogP contribution in [0.4, 0.5) is 11.4 Å². The van der Waals surface area contributed by atoms with Crippen molar-refractivity contribution in [2.45, 2.75) is 11.8 Å². The average Bonchev–Trinajstić information content (AvgIpc) is 2.60. The van der Waals surface area contributed by atoms with Crippen molar-refractivity contribution in [3.63, 3.8) is 0 Å². The maximum Gasteiger partial charge on any atom is 0.293 e. The minimum atomic E-state index is -3.74. The van der Waals surface area contributed by atoms with Gasteiger partial charge in [0, 0.05) is 12.6 Å². The number of nitro groups is 1. The van der Waals surface area contributed by atoms with Crippen molar-refractivity contribution in [2.24, 2.45) is 0 Å². The van der Waals surface area contributed by atoms with E-state index in [1.807, 2.05) is 31.2 Å². The van der Waals surface area contributed by atoms with Crippen molar-refractivity contribution in [3.05, 3.63) is 58.1 Å². The third-order valence-electron chi connectivity index (χ3n) is 3.45. The third-order valence-corrected chi connectivity index (χ3v) is 4.86. The van der Waals surface area contributed by atoms with Gasteiger partial charge in [-0.05, 0) is 38.2 Å². The van der Waals surface area contributed by atoms with Crippen LogP contribution in [-0.4, -0.2) is 33.5 Å². The summed E-state index contributed by atoms with van der Waals surface area (Å²) < 4.78 is 31.2. The number of nitrogens with one attached hydrogen (secondary N) is 2. The highest BCUT2D eigenvalue weighted by Crippen LogP contribution is 2.27. The Balaban J connectivity index is 2.03. The number of rotatable bonds is 8. The summed E-state index contributed by atoms with van der Waals surface area (Å²) in [4.78, 5) is 10.4. The molecule has 0 aromatic heterocycles. The quantitative estimate of drug-likeness (QED) is 0.422. The first-order chi connectivity index (χ1) is 11.8. The van der Waals surface area contributed by atoms with Crippen LogP contribution in [0.2, 0.25) is 0 Å². The van der Waals surface area contributed by atoms with Crippen molar-refractivity contribution in [1.29, 1.82) is 0 Å². The number of nitro benzene ring substituents is 1. The summed E-state index contributed by atoms with van der Waals surface area (Å²) in [7, 11) is -2.50. The first kappa shape index (κ1) is 18.7. The minimum absolute atomic E-state index is 0.164. The molecular formula is C16H19N3O5S. The molecule has 0 radical (unpaired) electrons. The second-order valence-electron chi connectivity index (χ2n) is 5.23.